The molecular weight excluding hydrogens is 541 g/mol. The molecule has 43 heavy (non-hydrogen) atoms. The molecule has 2 aromatic carbocycles. The van der Waals surface area contributed by atoms with E-state index in [1.165, 1.54) is 18.9 Å². The average Bonchev–Trinajstić information content (AvgIpc) is 3.79. The summed E-state index contributed by atoms with van der Waals surface area (Å²) in [7, 11) is 0. The van der Waals surface area contributed by atoms with Crippen molar-refractivity contribution in [2.45, 2.75) is 26.3 Å². The largest absolute Gasteiger partial charge is 0.492 e. The number of aromatic amines is 2. The maximum atomic E-state index is 14.8. The van der Waals surface area contributed by atoms with E-state index >= 15 is 0 Å². The molecule has 0 atom stereocenters. The minimum Gasteiger partial charge on any atom is -0.492 e. The molecule has 1 fully saturated rings. The van der Waals surface area contributed by atoms with Crippen LogP contribution in [0.5, 0.6) is 5.75 Å². The van der Waals surface area contributed by atoms with Gasteiger partial charge < -0.3 is 15.0 Å². The van der Waals surface area contributed by atoms with Crippen LogP contribution in [0.15, 0.2) is 73.2 Å². The number of ether oxygens (including phenoxy) is 1. The fraction of sp³-hybridized carbons (Fsp3) is 0.265. The molecule has 1 saturated heterocycles. The minimum absolute atomic E-state index is 0.316. The predicted octanol–water partition coefficient (Wildman–Crippen LogP) is 6.56. The lowest BCUT2D eigenvalue weighted by molar-refractivity contribution is 0.237. The average molecular weight is 576 g/mol. The Balaban J connectivity index is 1.20. The lowest BCUT2D eigenvalue weighted by atomic mass is 10.0. The Hall–Kier alpha value is -4.60. The fourth-order valence-corrected chi connectivity index (χ4v) is 5.91. The topological polar surface area (TPSA) is 94.8 Å². The highest BCUT2D eigenvalue weighted by Gasteiger charge is 2.16. The van der Waals surface area contributed by atoms with Crippen LogP contribution < -0.4 is 10.1 Å². The van der Waals surface area contributed by atoms with Crippen LogP contribution >= 0.6 is 0 Å². The van der Waals surface area contributed by atoms with Crippen molar-refractivity contribution in [3.8, 4) is 39.5 Å². The molecule has 0 bridgehead atoms. The maximum absolute atomic E-state index is 14.8. The SMILES string of the molecule is CCNCc1cncc(-c2cc3c(-c4cc5c(-c6cc(F)cc(OCCN7CCCC7)c6)cccc5[nH]4)n[nH]c3cn2)c1. The first-order valence-electron chi connectivity index (χ1n) is 14.9. The second-order valence-corrected chi connectivity index (χ2v) is 11.1. The van der Waals surface area contributed by atoms with Crippen molar-refractivity contribution in [3.05, 3.63) is 84.6 Å². The third-order valence-corrected chi connectivity index (χ3v) is 8.09. The third-order valence-electron chi connectivity index (χ3n) is 8.09. The monoisotopic (exact) mass is 575 g/mol. The van der Waals surface area contributed by atoms with E-state index in [0.717, 1.165) is 93.9 Å². The Kier molecular flexibility index (Phi) is 7.57. The number of nitrogens with zero attached hydrogens (tertiary/aromatic N) is 4. The van der Waals surface area contributed by atoms with Crippen molar-refractivity contribution < 1.29 is 9.13 Å². The zero-order valence-corrected chi connectivity index (χ0v) is 24.2. The highest BCUT2D eigenvalue weighted by Crippen LogP contribution is 2.36. The van der Waals surface area contributed by atoms with E-state index in [1.807, 2.05) is 48.9 Å². The van der Waals surface area contributed by atoms with E-state index in [-0.39, 0.29) is 5.82 Å². The Labute approximate surface area is 249 Å². The van der Waals surface area contributed by atoms with Crippen molar-refractivity contribution in [1.29, 1.82) is 0 Å². The Morgan fingerprint density at radius 2 is 1.86 bits per heavy atom. The maximum Gasteiger partial charge on any atom is 0.127 e. The number of H-pyrrole nitrogens is 2. The summed E-state index contributed by atoms with van der Waals surface area (Å²) >= 11 is 0. The summed E-state index contributed by atoms with van der Waals surface area (Å²) < 4.78 is 20.8. The van der Waals surface area contributed by atoms with Crippen molar-refractivity contribution in [2.24, 2.45) is 0 Å². The molecule has 8 nitrogen and oxygen atoms in total. The number of likely N-dealkylation sites (tertiary alicyclic amines) is 1. The molecule has 218 valence electrons. The van der Waals surface area contributed by atoms with Crippen molar-refractivity contribution >= 4 is 21.8 Å². The number of nitrogens with one attached hydrogen (secondary N) is 3. The van der Waals surface area contributed by atoms with Gasteiger partial charge >= 0.3 is 0 Å². The molecule has 0 unspecified atom stereocenters. The number of aromatic nitrogens is 5. The van der Waals surface area contributed by atoms with Crippen molar-refractivity contribution in [3.63, 3.8) is 0 Å². The van der Waals surface area contributed by atoms with Gasteiger partial charge in [0.05, 0.1) is 23.1 Å². The van der Waals surface area contributed by atoms with Crippen LogP contribution in [0.2, 0.25) is 0 Å². The minimum atomic E-state index is -0.316. The summed E-state index contributed by atoms with van der Waals surface area (Å²) in [6.45, 7) is 7.36. The molecule has 6 aromatic rings. The summed E-state index contributed by atoms with van der Waals surface area (Å²) in [5, 5.41) is 13.0. The molecule has 0 aliphatic carbocycles. The summed E-state index contributed by atoms with van der Waals surface area (Å²) in [5.41, 5.74) is 8.03. The van der Waals surface area contributed by atoms with Gasteiger partial charge in [0.1, 0.15) is 23.9 Å². The number of rotatable bonds is 10. The van der Waals surface area contributed by atoms with Gasteiger partial charge in [0.25, 0.3) is 0 Å². The molecule has 0 amide bonds. The summed E-state index contributed by atoms with van der Waals surface area (Å²) in [6, 6.07) is 17.2. The van der Waals surface area contributed by atoms with Crippen LogP contribution in [0.25, 0.3) is 55.6 Å². The van der Waals surface area contributed by atoms with Gasteiger partial charge in [-0.25, -0.2) is 4.39 Å². The standard InChI is InChI=1S/C34H34FN7O/c1-2-36-18-22-12-24(20-37-19-22)31-17-29-33(21-38-31)40-41-34(29)32-16-28-27(6-5-7-30(28)39-32)23-13-25(35)15-26(14-23)43-11-10-42-8-3-4-9-42/h5-7,12-17,19-21,36,39H,2-4,8-11,18H2,1H3,(H,40,41). The lowest BCUT2D eigenvalue weighted by Crippen LogP contribution is -2.25. The molecule has 0 radical (unpaired) electrons. The third kappa shape index (κ3) is 5.74. The number of hydrogen-bond acceptors (Lipinski definition) is 6. The van der Waals surface area contributed by atoms with E-state index in [4.69, 9.17) is 4.74 Å². The van der Waals surface area contributed by atoms with Crippen LogP contribution in [0.1, 0.15) is 25.3 Å². The number of hydrogen-bond donors (Lipinski definition) is 3. The van der Waals surface area contributed by atoms with Gasteiger partial charge in [-0.3, -0.25) is 20.0 Å². The van der Waals surface area contributed by atoms with Crippen LogP contribution in [-0.2, 0) is 6.54 Å². The smallest absolute Gasteiger partial charge is 0.127 e. The molecule has 0 saturated carbocycles. The molecule has 7 rings (SSSR count). The molecule has 1 aliphatic rings. The van der Waals surface area contributed by atoms with E-state index in [1.54, 1.807) is 6.07 Å². The van der Waals surface area contributed by atoms with E-state index in [0.29, 0.717) is 12.4 Å². The first-order chi connectivity index (χ1) is 21.1. The quantitative estimate of drug-likeness (QED) is 0.171. The van der Waals surface area contributed by atoms with Crippen LogP contribution in [0, 0.1) is 5.82 Å². The van der Waals surface area contributed by atoms with Crippen molar-refractivity contribution in [2.75, 3.05) is 32.8 Å². The second kappa shape index (κ2) is 11.9. The highest BCUT2D eigenvalue weighted by atomic mass is 19.1. The van der Waals surface area contributed by atoms with Crippen LogP contribution in [0.4, 0.5) is 4.39 Å². The van der Waals surface area contributed by atoms with E-state index in [9.17, 15) is 4.39 Å². The molecule has 1 aliphatic heterocycles. The Bertz CT molecular complexity index is 1890. The zero-order valence-electron chi connectivity index (χ0n) is 24.2. The summed E-state index contributed by atoms with van der Waals surface area (Å²) in [4.78, 5) is 15.0. The number of benzene rings is 2. The molecule has 4 aromatic heterocycles. The van der Waals surface area contributed by atoms with Gasteiger partial charge in [-0.1, -0.05) is 19.1 Å². The van der Waals surface area contributed by atoms with Crippen molar-refractivity contribution in [1.82, 2.24) is 35.4 Å². The van der Waals surface area contributed by atoms with Gasteiger partial charge in [-0.05, 0) is 85.6 Å². The summed E-state index contributed by atoms with van der Waals surface area (Å²) in [5.74, 6) is 0.230. The Morgan fingerprint density at radius 3 is 2.74 bits per heavy atom. The summed E-state index contributed by atoms with van der Waals surface area (Å²) in [6.07, 6.45) is 7.99. The molecule has 9 heteroatoms. The number of halogens is 1. The van der Waals surface area contributed by atoms with Crippen LogP contribution in [-0.4, -0.2) is 62.8 Å². The second-order valence-electron chi connectivity index (χ2n) is 11.1. The van der Waals surface area contributed by atoms with Gasteiger partial charge in [-0.15, -0.1) is 0 Å². The van der Waals surface area contributed by atoms with Gasteiger partial charge in [0, 0.05) is 53.4 Å². The molecular formula is C34H34FN7O. The predicted molar refractivity (Wildman–Crippen MR) is 168 cm³/mol. The first-order valence-corrected chi connectivity index (χ1v) is 14.9. The Morgan fingerprint density at radius 1 is 0.953 bits per heavy atom. The van der Waals surface area contributed by atoms with Gasteiger partial charge in [0.15, 0.2) is 0 Å². The van der Waals surface area contributed by atoms with E-state index in [2.05, 4.69) is 54.4 Å². The zero-order chi connectivity index (χ0) is 29.2. The number of pyridine rings is 2. The molecule has 0 spiro atoms. The van der Waals surface area contributed by atoms with Gasteiger partial charge in [0.2, 0.25) is 0 Å². The van der Waals surface area contributed by atoms with Crippen LogP contribution in [0.3, 0.4) is 0 Å². The van der Waals surface area contributed by atoms with E-state index < -0.39 is 0 Å². The molecule has 3 N–H and O–H groups in total. The number of fused-ring (bicyclic) bond motifs is 2. The first kappa shape index (κ1) is 27.2. The normalized spacial score (nSPS) is 13.8. The molecule has 5 heterocycles. The highest BCUT2D eigenvalue weighted by molar-refractivity contribution is 6.01. The van der Waals surface area contributed by atoms with Gasteiger partial charge in [-0.2, -0.15) is 5.10 Å². The lowest BCUT2D eigenvalue weighted by Gasteiger charge is -2.15. The fourth-order valence-electron chi connectivity index (χ4n) is 5.91.